The van der Waals surface area contributed by atoms with Crippen LogP contribution in [0.2, 0.25) is 0 Å². The highest BCUT2D eigenvalue weighted by Crippen LogP contribution is 2.57. The van der Waals surface area contributed by atoms with Gasteiger partial charge in [-0.2, -0.15) is 0 Å². The molecule has 0 aliphatic carbocycles. The first kappa shape index (κ1) is 24.0. The largest absolute Gasteiger partial charge is 0.494 e. The van der Waals surface area contributed by atoms with Crippen LogP contribution in [0.5, 0.6) is 5.75 Å². The minimum absolute atomic E-state index is 0.0336. The molecule has 0 radical (unpaired) electrons. The van der Waals surface area contributed by atoms with E-state index in [9.17, 15) is 14.4 Å². The van der Waals surface area contributed by atoms with E-state index in [1.807, 2.05) is 53.4 Å². The number of amides is 3. The fourth-order valence-electron chi connectivity index (χ4n) is 6.70. The highest BCUT2D eigenvalue weighted by Gasteiger charge is 2.62. The molecule has 4 bridgehead atoms. The van der Waals surface area contributed by atoms with Gasteiger partial charge in [0.1, 0.15) is 17.7 Å². The van der Waals surface area contributed by atoms with Crippen LogP contribution in [0.25, 0.3) is 0 Å². The summed E-state index contributed by atoms with van der Waals surface area (Å²) < 4.78 is 6.02. The second-order valence-electron chi connectivity index (χ2n) is 10.8. The van der Waals surface area contributed by atoms with Crippen molar-refractivity contribution >= 4 is 23.4 Å². The van der Waals surface area contributed by atoms with Gasteiger partial charge in [0.15, 0.2) is 0 Å². The standard InChI is InChI=1S/C29H34N4O4/c1-31-14-10-20(11-15-31)27(35)32-16-12-29-23-8-2-3-9-24(23)33(28(29)36)19-25(34)30-13-5-17-37-22-7-4-6-21(18-22)26(29)32/h2-4,6-9,18,20,26H,5,10-17,19H2,1H3,(H,30,34)/t26-,29+/m0/s1. The number of benzene rings is 2. The number of hydrogen-bond donors (Lipinski definition) is 1. The second kappa shape index (κ2) is 9.49. The predicted octanol–water partition coefficient (Wildman–Crippen LogP) is 2.49. The van der Waals surface area contributed by atoms with Gasteiger partial charge in [0.05, 0.1) is 12.6 Å². The monoisotopic (exact) mass is 502 g/mol. The molecule has 1 N–H and O–H groups in total. The number of piperidine rings is 1. The predicted molar refractivity (Wildman–Crippen MR) is 139 cm³/mol. The number of carbonyl (C=O) groups is 3. The van der Waals surface area contributed by atoms with E-state index >= 15 is 0 Å². The van der Waals surface area contributed by atoms with Crippen molar-refractivity contribution in [3.05, 3.63) is 59.7 Å². The Hall–Kier alpha value is -3.39. The van der Waals surface area contributed by atoms with E-state index in [1.165, 1.54) is 0 Å². The summed E-state index contributed by atoms with van der Waals surface area (Å²) in [4.78, 5) is 47.2. The third kappa shape index (κ3) is 3.98. The fraction of sp³-hybridized carbons (Fsp3) is 0.483. The minimum Gasteiger partial charge on any atom is -0.494 e. The lowest BCUT2D eigenvalue weighted by Gasteiger charge is -2.38. The van der Waals surface area contributed by atoms with E-state index in [0.717, 1.165) is 42.7 Å². The smallest absolute Gasteiger partial charge is 0.240 e. The number of anilines is 1. The number of likely N-dealkylation sites (tertiary alicyclic amines) is 2. The molecule has 2 fully saturated rings. The van der Waals surface area contributed by atoms with Crippen LogP contribution in [0, 0.1) is 5.92 Å². The van der Waals surface area contributed by atoms with E-state index in [0.29, 0.717) is 38.3 Å². The number of fused-ring (bicyclic) bond motifs is 6. The van der Waals surface area contributed by atoms with Crippen molar-refractivity contribution in [3.63, 3.8) is 0 Å². The first-order chi connectivity index (χ1) is 18.0. The maximum Gasteiger partial charge on any atom is 0.240 e. The Bertz CT molecular complexity index is 1220. The molecule has 194 valence electrons. The quantitative estimate of drug-likeness (QED) is 0.648. The molecule has 6 rings (SSSR count). The molecule has 0 aromatic heterocycles. The van der Waals surface area contributed by atoms with Gasteiger partial charge >= 0.3 is 0 Å². The molecule has 2 aromatic carbocycles. The van der Waals surface area contributed by atoms with Crippen molar-refractivity contribution in [3.8, 4) is 5.75 Å². The van der Waals surface area contributed by atoms with Crippen molar-refractivity contribution in [2.24, 2.45) is 5.92 Å². The lowest BCUT2D eigenvalue weighted by atomic mass is 9.72. The van der Waals surface area contributed by atoms with Crippen molar-refractivity contribution in [1.82, 2.24) is 15.1 Å². The molecule has 37 heavy (non-hydrogen) atoms. The van der Waals surface area contributed by atoms with Gasteiger partial charge in [-0.3, -0.25) is 14.4 Å². The first-order valence-electron chi connectivity index (χ1n) is 13.4. The average Bonchev–Trinajstić information content (AvgIpc) is 3.41. The SMILES string of the molecule is CN1CCC(C(=O)N2CC[C@]34C(=O)N(CC(=O)NCCCOc5cccc(c5)[C@H]23)c2ccccc24)CC1. The zero-order chi connectivity index (χ0) is 25.6. The molecule has 2 saturated heterocycles. The van der Waals surface area contributed by atoms with Crippen LogP contribution in [0.1, 0.15) is 42.9 Å². The summed E-state index contributed by atoms with van der Waals surface area (Å²) in [5.41, 5.74) is 1.63. The number of nitrogens with one attached hydrogen (secondary N) is 1. The Kier molecular flexibility index (Phi) is 6.15. The summed E-state index contributed by atoms with van der Waals surface area (Å²) in [5, 5.41) is 2.93. The van der Waals surface area contributed by atoms with Crippen LogP contribution >= 0.6 is 0 Å². The Morgan fingerprint density at radius 2 is 1.86 bits per heavy atom. The van der Waals surface area contributed by atoms with E-state index in [2.05, 4.69) is 17.3 Å². The normalized spacial score (nSPS) is 26.7. The summed E-state index contributed by atoms with van der Waals surface area (Å²) in [5.74, 6) is 0.502. The Labute approximate surface area is 217 Å². The van der Waals surface area contributed by atoms with Crippen molar-refractivity contribution in [1.29, 1.82) is 0 Å². The number of ether oxygens (including phenoxy) is 1. The van der Waals surface area contributed by atoms with E-state index in [1.54, 1.807) is 4.90 Å². The molecule has 4 aliphatic rings. The van der Waals surface area contributed by atoms with Crippen molar-refractivity contribution in [2.45, 2.75) is 37.1 Å². The number of para-hydroxylation sites is 1. The average molecular weight is 503 g/mol. The van der Waals surface area contributed by atoms with E-state index in [4.69, 9.17) is 4.74 Å². The number of nitrogens with zero attached hydrogens (tertiary/aromatic N) is 3. The molecular formula is C29H34N4O4. The lowest BCUT2D eigenvalue weighted by molar-refractivity contribution is -0.139. The van der Waals surface area contributed by atoms with E-state index in [-0.39, 0.29) is 30.2 Å². The van der Waals surface area contributed by atoms with Crippen LogP contribution in [0.3, 0.4) is 0 Å². The molecule has 2 atom stereocenters. The molecule has 4 heterocycles. The molecule has 0 saturated carbocycles. The summed E-state index contributed by atoms with van der Waals surface area (Å²) in [6.07, 6.45) is 2.83. The summed E-state index contributed by atoms with van der Waals surface area (Å²) in [6.45, 7) is 3.21. The van der Waals surface area contributed by atoms with Gasteiger partial charge in [0.2, 0.25) is 17.7 Å². The maximum atomic E-state index is 14.4. The van der Waals surface area contributed by atoms with Gasteiger partial charge in [-0.1, -0.05) is 30.3 Å². The van der Waals surface area contributed by atoms with Crippen LogP contribution < -0.4 is 15.0 Å². The summed E-state index contributed by atoms with van der Waals surface area (Å²) >= 11 is 0. The van der Waals surface area contributed by atoms with Crippen LogP contribution in [-0.2, 0) is 19.8 Å². The van der Waals surface area contributed by atoms with Gasteiger partial charge in [-0.15, -0.1) is 0 Å². The van der Waals surface area contributed by atoms with Crippen LogP contribution in [-0.4, -0.2) is 73.9 Å². The van der Waals surface area contributed by atoms with Gasteiger partial charge in [0.25, 0.3) is 0 Å². The summed E-state index contributed by atoms with van der Waals surface area (Å²) in [7, 11) is 2.09. The molecule has 2 aromatic rings. The fourth-order valence-corrected chi connectivity index (χ4v) is 6.70. The zero-order valence-corrected chi connectivity index (χ0v) is 21.3. The highest BCUT2D eigenvalue weighted by atomic mass is 16.5. The van der Waals surface area contributed by atoms with Crippen molar-refractivity contribution < 1.29 is 19.1 Å². The summed E-state index contributed by atoms with van der Waals surface area (Å²) in [6, 6.07) is 15.2. The second-order valence-corrected chi connectivity index (χ2v) is 10.8. The molecule has 8 nitrogen and oxygen atoms in total. The topological polar surface area (TPSA) is 82.2 Å². The van der Waals surface area contributed by atoms with Gasteiger partial charge in [0, 0.05) is 24.7 Å². The van der Waals surface area contributed by atoms with Crippen LogP contribution in [0.15, 0.2) is 48.5 Å². The third-order valence-corrected chi connectivity index (χ3v) is 8.57. The minimum atomic E-state index is -0.944. The zero-order valence-electron chi connectivity index (χ0n) is 21.3. The van der Waals surface area contributed by atoms with Crippen molar-refractivity contribution in [2.75, 3.05) is 51.3 Å². The Balaban J connectivity index is 1.49. The molecule has 8 heteroatoms. The highest BCUT2D eigenvalue weighted by molar-refractivity contribution is 6.12. The lowest BCUT2D eigenvalue weighted by Crippen LogP contribution is -2.49. The van der Waals surface area contributed by atoms with E-state index < -0.39 is 11.5 Å². The van der Waals surface area contributed by atoms with Gasteiger partial charge in [-0.25, -0.2) is 0 Å². The third-order valence-electron chi connectivity index (χ3n) is 8.57. The maximum absolute atomic E-state index is 14.4. The van der Waals surface area contributed by atoms with Gasteiger partial charge < -0.3 is 24.8 Å². The molecule has 4 aliphatic heterocycles. The number of carbonyl (C=O) groups excluding carboxylic acids is 3. The molecular weight excluding hydrogens is 468 g/mol. The first-order valence-corrected chi connectivity index (χ1v) is 13.4. The molecule has 0 unspecified atom stereocenters. The molecule has 1 spiro atoms. The van der Waals surface area contributed by atoms with Crippen LogP contribution in [0.4, 0.5) is 5.69 Å². The van der Waals surface area contributed by atoms with Gasteiger partial charge in [-0.05, 0) is 75.1 Å². The Morgan fingerprint density at radius 3 is 2.70 bits per heavy atom. The number of hydrogen-bond acceptors (Lipinski definition) is 5. The number of rotatable bonds is 1. The Morgan fingerprint density at radius 1 is 1.05 bits per heavy atom. The molecule has 3 amide bonds.